The third-order valence-corrected chi connectivity index (χ3v) is 7.57. The molecule has 3 aromatic rings. The van der Waals surface area contributed by atoms with E-state index in [2.05, 4.69) is 16.0 Å². The molecule has 4 heterocycles. The van der Waals surface area contributed by atoms with Crippen molar-refractivity contribution in [3.05, 3.63) is 76.6 Å². The molecule has 6 nitrogen and oxygen atoms in total. The van der Waals surface area contributed by atoms with Crippen LogP contribution >= 0.6 is 11.3 Å². The van der Waals surface area contributed by atoms with Crippen LogP contribution in [0.1, 0.15) is 29.3 Å². The zero-order valence-corrected chi connectivity index (χ0v) is 19.6. The Bertz CT molecular complexity index is 1090. The van der Waals surface area contributed by atoms with Gasteiger partial charge in [-0.2, -0.15) is 0 Å². The molecule has 2 amide bonds. The van der Waals surface area contributed by atoms with E-state index < -0.39 is 0 Å². The maximum absolute atomic E-state index is 13.8. The molecule has 0 aliphatic carbocycles. The van der Waals surface area contributed by atoms with E-state index in [1.54, 1.807) is 17.5 Å². The van der Waals surface area contributed by atoms with Gasteiger partial charge in [0.1, 0.15) is 5.82 Å². The third kappa shape index (κ3) is 4.37. The number of hydrogen-bond acceptors (Lipinski definition) is 5. The van der Waals surface area contributed by atoms with E-state index in [4.69, 9.17) is 0 Å². The average Bonchev–Trinajstić information content (AvgIpc) is 3.39. The first-order chi connectivity index (χ1) is 16.1. The number of piperidine rings is 1. The summed E-state index contributed by atoms with van der Waals surface area (Å²) in [6, 6.07) is 17.7. The van der Waals surface area contributed by atoms with Gasteiger partial charge < -0.3 is 14.7 Å². The molecule has 1 aromatic carbocycles. The number of aryl methyl sites for hydroxylation is 1. The van der Waals surface area contributed by atoms with Crippen LogP contribution in [0.5, 0.6) is 0 Å². The summed E-state index contributed by atoms with van der Waals surface area (Å²) in [5.74, 6) is 0.943. The van der Waals surface area contributed by atoms with Gasteiger partial charge in [-0.3, -0.25) is 9.59 Å². The predicted octanol–water partition coefficient (Wildman–Crippen LogP) is 4.28. The number of rotatable bonds is 4. The number of benzene rings is 1. The van der Waals surface area contributed by atoms with Gasteiger partial charge in [-0.25, -0.2) is 4.98 Å². The van der Waals surface area contributed by atoms with Gasteiger partial charge in [-0.1, -0.05) is 29.8 Å². The molecule has 2 fully saturated rings. The van der Waals surface area contributed by atoms with Crippen LogP contribution in [-0.2, 0) is 9.59 Å². The molecule has 0 saturated carbocycles. The number of carbonyl (C=O) groups excluding carboxylic acids is 2. The topological polar surface area (TPSA) is 56.8 Å². The van der Waals surface area contributed by atoms with Crippen molar-refractivity contribution in [2.24, 2.45) is 5.92 Å². The third-order valence-electron chi connectivity index (χ3n) is 6.63. The number of aromatic nitrogens is 1. The summed E-state index contributed by atoms with van der Waals surface area (Å²) in [4.78, 5) is 38.5. The maximum atomic E-state index is 13.8. The highest BCUT2D eigenvalue weighted by Crippen LogP contribution is 2.42. The minimum atomic E-state index is -0.268. The molecule has 0 N–H and O–H groups in total. The average molecular weight is 461 g/mol. The number of piperazine rings is 1. The van der Waals surface area contributed by atoms with E-state index in [1.807, 2.05) is 70.6 Å². The molecular formula is C26H28N4O2S. The Hall–Kier alpha value is -3.19. The Morgan fingerprint density at radius 2 is 1.79 bits per heavy atom. The molecule has 2 unspecified atom stereocenters. The molecule has 0 spiro atoms. The second-order valence-corrected chi connectivity index (χ2v) is 9.68. The van der Waals surface area contributed by atoms with Crippen LogP contribution in [0.25, 0.3) is 0 Å². The molecule has 170 valence electrons. The summed E-state index contributed by atoms with van der Waals surface area (Å²) in [6.45, 7) is 4.90. The second-order valence-electron chi connectivity index (χ2n) is 8.70. The van der Waals surface area contributed by atoms with Crippen LogP contribution < -0.4 is 9.80 Å². The summed E-state index contributed by atoms with van der Waals surface area (Å²) >= 11 is 1.62. The minimum Gasteiger partial charge on any atom is -0.353 e. The monoisotopic (exact) mass is 460 g/mol. The lowest BCUT2D eigenvalue weighted by Crippen LogP contribution is -2.54. The number of hydrogen-bond donors (Lipinski definition) is 0. The summed E-state index contributed by atoms with van der Waals surface area (Å²) < 4.78 is 0. The Morgan fingerprint density at radius 3 is 2.45 bits per heavy atom. The molecule has 0 radical (unpaired) electrons. The van der Waals surface area contributed by atoms with Gasteiger partial charge >= 0.3 is 0 Å². The molecule has 2 saturated heterocycles. The van der Waals surface area contributed by atoms with Gasteiger partial charge in [-0.05, 0) is 49.1 Å². The van der Waals surface area contributed by atoms with E-state index in [9.17, 15) is 9.59 Å². The smallest absolute Gasteiger partial charge is 0.228 e. The van der Waals surface area contributed by atoms with Gasteiger partial charge in [0.15, 0.2) is 0 Å². The molecule has 0 bridgehead atoms. The fourth-order valence-corrected chi connectivity index (χ4v) is 5.76. The first-order valence-corrected chi connectivity index (χ1v) is 12.4. The highest BCUT2D eigenvalue weighted by molar-refractivity contribution is 7.10. The van der Waals surface area contributed by atoms with Crippen LogP contribution in [0.15, 0.2) is 66.2 Å². The van der Waals surface area contributed by atoms with Crippen molar-refractivity contribution in [1.29, 1.82) is 0 Å². The van der Waals surface area contributed by atoms with Crippen molar-refractivity contribution in [2.75, 3.05) is 36.0 Å². The number of carbonyl (C=O) groups is 2. The lowest BCUT2D eigenvalue weighted by Gasteiger charge is -2.43. The molecule has 2 aliphatic heterocycles. The standard InChI is InChI=1S/C26H28N4O2S/c1-19-7-9-20(10-8-19)30-24(31)12-11-21(25(30)22-5-4-18-33-22)26(32)29-16-14-28(15-17-29)23-6-2-3-13-27-23/h2-10,13,18,21,25H,11-12,14-17H2,1H3. The number of amides is 2. The zero-order valence-electron chi connectivity index (χ0n) is 18.8. The summed E-state index contributed by atoms with van der Waals surface area (Å²) in [5, 5.41) is 2.02. The number of pyridine rings is 1. The lowest BCUT2D eigenvalue weighted by molar-refractivity contribution is -0.138. The Labute approximate surface area is 198 Å². The Kier molecular flexibility index (Phi) is 6.13. The van der Waals surface area contributed by atoms with Gasteiger partial charge in [0.05, 0.1) is 12.0 Å². The normalized spacial score (nSPS) is 21.4. The summed E-state index contributed by atoms with van der Waals surface area (Å²) in [7, 11) is 0. The molecular weight excluding hydrogens is 432 g/mol. The van der Waals surface area contributed by atoms with Gasteiger partial charge in [0, 0.05) is 49.4 Å². The van der Waals surface area contributed by atoms with Crippen molar-refractivity contribution in [2.45, 2.75) is 25.8 Å². The van der Waals surface area contributed by atoms with Crippen molar-refractivity contribution in [1.82, 2.24) is 9.88 Å². The van der Waals surface area contributed by atoms with Crippen molar-refractivity contribution >= 4 is 34.7 Å². The molecule has 2 aliphatic rings. The van der Waals surface area contributed by atoms with Crippen molar-refractivity contribution in [3.63, 3.8) is 0 Å². The van der Waals surface area contributed by atoms with E-state index in [0.717, 1.165) is 35.0 Å². The number of anilines is 2. The number of thiophene rings is 1. The highest BCUT2D eigenvalue weighted by Gasteiger charge is 2.43. The first kappa shape index (κ1) is 21.6. The molecule has 2 aromatic heterocycles. The first-order valence-electron chi connectivity index (χ1n) is 11.5. The van der Waals surface area contributed by atoms with E-state index in [-0.39, 0.29) is 23.8 Å². The van der Waals surface area contributed by atoms with Gasteiger partial charge in [0.2, 0.25) is 11.8 Å². The SMILES string of the molecule is Cc1ccc(N2C(=O)CCC(C(=O)N3CCN(c4ccccn4)CC3)C2c2cccs2)cc1. The van der Waals surface area contributed by atoms with Crippen LogP contribution in [0, 0.1) is 12.8 Å². The molecule has 33 heavy (non-hydrogen) atoms. The summed E-state index contributed by atoms with van der Waals surface area (Å²) in [5.41, 5.74) is 2.01. The summed E-state index contributed by atoms with van der Waals surface area (Å²) in [6.07, 6.45) is 2.78. The van der Waals surface area contributed by atoms with Crippen molar-refractivity contribution in [3.8, 4) is 0 Å². The predicted molar refractivity (Wildman–Crippen MR) is 131 cm³/mol. The van der Waals surface area contributed by atoms with E-state index >= 15 is 0 Å². The van der Waals surface area contributed by atoms with Crippen LogP contribution in [0.3, 0.4) is 0 Å². The van der Waals surface area contributed by atoms with Crippen LogP contribution in [0.2, 0.25) is 0 Å². The van der Waals surface area contributed by atoms with Crippen LogP contribution in [0.4, 0.5) is 11.5 Å². The molecule has 7 heteroatoms. The Morgan fingerprint density at radius 1 is 1.00 bits per heavy atom. The fourth-order valence-electron chi connectivity index (χ4n) is 4.88. The van der Waals surface area contributed by atoms with Gasteiger partial charge in [0.25, 0.3) is 0 Å². The van der Waals surface area contributed by atoms with Crippen LogP contribution in [-0.4, -0.2) is 47.9 Å². The molecule has 5 rings (SSSR count). The highest BCUT2D eigenvalue weighted by atomic mass is 32.1. The largest absolute Gasteiger partial charge is 0.353 e. The second kappa shape index (κ2) is 9.35. The Balaban J connectivity index is 1.39. The minimum absolute atomic E-state index is 0.0845. The van der Waals surface area contributed by atoms with Gasteiger partial charge in [-0.15, -0.1) is 11.3 Å². The van der Waals surface area contributed by atoms with Crippen molar-refractivity contribution < 1.29 is 9.59 Å². The maximum Gasteiger partial charge on any atom is 0.228 e. The quantitative estimate of drug-likeness (QED) is 0.583. The number of nitrogens with zero attached hydrogens (tertiary/aromatic N) is 4. The van der Waals surface area contributed by atoms with E-state index in [1.165, 1.54) is 0 Å². The fraction of sp³-hybridized carbons (Fsp3) is 0.346. The zero-order chi connectivity index (χ0) is 22.8. The lowest BCUT2D eigenvalue weighted by atomic mass is 9.85. The van der Waals surface area contributed by atoms with E-state index in [0.29, 0.717) is 25.9 Å². The molecule has 2 atom stereocenters.